The lowest BCUT2D eigenvalue weighted by Gasteiger charge is -2.35. The highest BCUT2D eigenvalue weighted by Gasteiger charge is 2.21. The molecule has 100 valence electrons. The van der Waals surface area contributed by atoms with Gasteiger partial charge in [-0.3, -0.25) is 0 Å². The van der Waals surface area contributed by atoms with Crippen LogP contribution in [-0.4, -0.2) is 50.3 Å². The number of piperazine rings is 1. The highest BCUT2D eigenvalue weighted by Crippen LogP contribution is 2.34. The zero-order chi connectivity index (χ0) is 13.1. The Balaban J connectivity index is 2.32. The van der Waals surface area contributed by atoms with Gasteiger partial charge in [0.15, 0.2) is 0 Å². The van der Waals surface area contributed by atoms with Crippen molar-refractivity contribution in [2.75, 3.05) is 45.2 Å². The molecule has 4 nitrogen and oxygen atoms in total. The number of aliphatic hydroxyl groups excluding tert-OH is 1. The lowest BCUT2D eigenvalue weighted by molar-refractivity contribution is 0.194. The molecule has 1 atom stereocenters. The van der Waals surface area contributed by atoms with Gasteiger partial charge in [-0.05, 0) is 26.1 Å². The molecule has 0 saturated carbocycles. The highest BCUT2D eigenvalue weighted by molar-refractivity contribution is 5.60. The van der Waals surface area contributed by atoms with E-state index in [4.69, 9.17) is 4.74 Å². The van der Waals surface area contributed by atoms with Crippen LogP contribution in [0, 0.1) is 0 Å². The number of rotatable bonds is 3. The Labute approximate surface area is 109 Å². The van der Waals surface area contributed by atoms with Crippen LogP contribution in [0.15, 0.2) is 18.2 Å². The van der Waals surface area contributed by atoms with Gasteiger partial charge in [-0.25, -0.2) is 0 Å². The van der Waals surface area contributed by atoms with Crippen molar-refractivity contribution < 1.29 is 9.84 Å². The minimum atomic E-state index is -0.518. The predicted molar refractivity (Wildman–Crippen MR) is 73.3 cm³/mol. The summed E-state index contributed by atoms with van der Waals surface area (Å²) in [7, 11) is 3.79. The Morgan fingerprint density at radius 1 is 1.22 bits per heavy atom. The van der Waals surface area contributed by atoms with Crippen molar-refractivity contribution >= 4 is 5.69 Å². The minimum Gasteiger partial charge on any atom is -0.496 e. The first-order valence-corrected chi connectivity index (χ1v) is 6.42. The Morgan fingerprint density at radius 2 is 1.89 bits per heavy atom. The number of hydrogen-bond acceptors (Lipinski definition) is 4. The van der Waals surface area contributed by atoms with Crippen molar-refractivity contribution in [3.63, 3.8) is 0 Å². The Hall–Kier alpha value is -1.26. The predicted octanol–water partition coefficient (Wildman–Crippen LogP) is 1.50. The van der Waals surface area contributed by atoms with Crippen LogP contribution in [0.4, 0.5) is 5.69 Å². The number of likely N-dealkylation sites (N-methyl/N-ethyl adjacent to an activating group) is 1. The molecule has 2 rings (SSSR count). The molecule has 4 heteroatoms. The van der Waals surface area contributed by atoms with Gasteiger partial charge in [0.2, 0.25) is 0 Å². The summed E-state index contributed by atoms with van der Waals surface area (Å²) in [5.41, 5.74) is 1.99. The van der Waals surface area contributed by atoms with Gasteiger partial charge in [0.05, 0.1) is 13.2 Å². The van der Waals surface area contributed by atoms with Crippen molar-refractivity contribution in [2.24, 2.45) is 0 Å². The maximum atomic E-state index is 9.98. The average Bonchev–Trinajstić information content (AvgIpc) is 2.38. The second kappa shape index (κ2) is 5.59. The van der Waals surface area contributed by atoms with Crippen molar-refractivity contribution in [2.45, 2.75) is 13.0 Å². The number of aliphatic hydroxyl groups is 1. The lowest BCUT2D eigenvalue weighted by atomic mass is 10.0. The van der Waals surface area contributed by atoms with Crippen LogP contribution in [-0.2, 0) is 0 Å². The molecule has 1 N–H and O–H groups in total. The summed E-state index contributed by atoms with van der Waals surface area (Å²) in [5, 5.41) is 9.98. The van der Waals surface area contributed by atoms with E-state index >= 15 is 0 Å². The fraction of sp³-hybridized carbons (Fsp3) is 0.571. The molecular weight excluding hydrogens is 228 g/mol. The molecule has 1 saturated heterocycles. The molecule has 0 aromatic heterocycles. The molecule has 0 radical (unpaired) electrons. The molecule has 0 amide bonds. The first kappa shape index (κ1) is 13.2. The van der Waals surface area contributed by atoms with Crippen molar-refractivity contribution in [3.8, 4) is 5.75 Å². The van der Waals surface area contributed by atoms with Crippen LogP contribution in [0.1, 0.15) is 18.6 Å². The number of ether oxygens (including phenoxy) is 1. The van der Waals surface area contributed by atoms with E-state index in [0.717, 1.165) is 43.2 Å². The second-order valence-electron chi connectivity index (χ2n) is 4.86. The summed E-state index contributed by atoms with van der Waals surface area (Å²) in [6.45, 7) is 5.87. The van der Waals surface area contributed by atoms with Crippen molar-refractivity contribution in [3.05, 3.63) is 23.8 Å². The third-order valence-electron chi connectivity index (χ3n) is 3.52. The molecule has 0 unspecified atom stereocenters. The third-order valence-corrected chi connectivity index (χ3v) is 3.52. The van der Waals surface area contributed by atoms with Gasteiger partial charge in [0.1, 0.15) is 5.75 Å². The monoisotopic (exact) mass is 250 g/mol. The van der Waals surface area contributed by atoms with Crippen LogP contribution < -0.4 is 9.64 Å². The smallest absolute Gasteiger partial charge is 0.126 e. The Morgan fingerprint density at radius 3 is 2.44 bits per heavy atom. The van der Waals surface area contributed by atoms with Gasteiger partial charge in [-0.1, -0.05) is 6.07 Å². The molecule has 1 aromatic carbocycles. The van der Waals surface area contributed by atoms with E-state index in [-0.39, 0.29) is 0 Å². The van der Waals surface area contributed by atoms with Gasteiger partial charge >= 0.3 is 0 Å². The first-order chi connectivity index (χ1) is 8.63. The first-order valence-electron chi connectivity index (χ1n) is 6.42. The summed E-state index contributed by atoms with van der Waals surface area (Å²) in [4.78, 5) is 4.64. The zero-order valence-electron chi connectivity index (χ0n) is 11.4. The summed E-state index contributed by atoms with van der Waals surface area (Å²) in [5.74, 6) is 0.765. The fourth-order valence-corrected chi connectivity index (χ4v) is 2.45. The molecular formula is C14H22N2O2. The van der Waals surface area contributed by atoms with Crippen molar-refractivity contribution in [1.29, 1.82) is 0 Å². The van der Waals surface area contributed by atoms with E-state index in [1.807, 2.05) is 12.1 Å². The summed E-state index contributed by atoms with van der Waals surface area (Å²) in [6, 6.07) is 5.95. The van der Waals surface area contributed by atoms with E-state index in [2.05, 4.69) is 22.9 Å². The van der Waals surface area contributed by atoms with Crippen LogP contribution in [0.25, 0.3) is 0 Å². The van der Waals surface area contributed by atoms with Gasteiger partial charge in [0.25, 0.3) is 0 Å². The molecule has 0 spiro atoms. The van der Waals surface area contributed by atoms with E-state index < -0.39 is 6.10 Å². The van der Waals surface area contributed by atoms with Gasteiger partial charge in [0, 0.05) is 37.4 Å². The second-order valence-corrected chi connectivity index (χ2v) is 4.86. The number of methoxy groups -OCH3 is 1. The number of nitrogens with zero attached hydrogens (tertiary/aromatic N) is 2. The minimum absolute atomic E-state index is 0.518. The molecule has 18 heavy (non-hydrogen) atoms. The Kier molecular flexibility index (Phi) is 4.09. The number of hydrogen-bond donors (Lipinski definition) is 1. The van der Waals surface area contributed by atoms with Crippen molar-refractivity contribution in [1.82, 2.24) is 4.90 Å². The van der Waals surface area contributed by atoms with Gasteiger partial charge < -0.3 is 19.6 Å². The van der Waals surface area contributed by atoms with E-state index in [9.17, 15) is 5.11 Å². The summed E-state index contributed by atoms with van der Waals surface area (Å²) >= 11 is 0. The number of anilines is 1. The molecule has 0 bridgehead atoms. The van der Waals surface area contributed by atoms with E-state index in [1.165, 1.54) is 0 Å². The van der Waals surface area contributed by atoms with Gasteiger partial charge in [-0.15, -0.1) is 0 Å². The maximum Gasteiger partial charge on any atom is 0.126 e. The summed E-state index contributed by atoms with van der Waals surface area (Å²) in [6.07, 6.45) is -0.518. The fourth-order valence-electron chi connectivity index (χ4n) is 2.45. The normalized spacial score (nSPS) is 18.8. The maximum absolute atomic E-state index is 9.98. The average molecular weight is 250 g/mol. The SMILES string of the molecule is COc1cccc(N2CCN(C)CC2)c1[C@@H](C)O. The highest BCUT2D eigenvalue weighted by atomic mass is 16.5. The van der Waals surface area contributed by atoms with Gasteiger partial charge in [-0.2, -0.15) is 0 Å². The largest absolute Gasteiger partial charge is 0.496 e. The van der Waals surface area contributed by atoms with Crippen LogP contribution in [0.2, 0.25) is 0 Å². The molecule has 1 aliphatic rings. The topological polar surface area (TPSA) is 35.9 Å². The molecule has 1 aliphatic heterocycles. The van der Waals surface area contributed by atoms with E-state index in [0.29, 0.717) is 0 Å². The lowest BCUT2D eigenvalue weighted by Crippen LogP contribution is -2.44. The number of benzene rings is 1. The molecule has 1 heterocycles. The zero-order valence-corrected chi connectivity index (χ0v) is 11.4. The molecule has 1 aromatic rings. The third kappa shape index (κ3) is 2.60. The molecule has 0 aliphatic carbocycles. The summed E-state index contributed by atoms with van der Waals surface area (Å²) < 4.78 is 5.36. The molecule has 1 fully saturated rings. The van der Waals surface area contributed by atoms with E-state index in [1.54, 1.807) is 14.0 Å². The van der Waals surface area contributed by atoms with Crippen LogP contribution >= 0.6 is 0 Å². The quantitative estimate of drug-likeness (QED) is 0.882. The Bertz CT molecular complexity index is 399. The standard InChI is InChI=1S/C14H22N2O2/c1-11(17)14-12(5-4-6-13(14)18-3)16-9-7-15(2)8-10-16/h4-6,11,17H,7-10H2,1-3H3/t11-/m1/s1. The van der Waals surface area contributed by atoms with Crippen LogP contribution in [0.3, 0.4) is 0 Å². The van der Waals surface area contributed by atoms with Crippen LogP contribution in [0.5, 0.6) is 5.75 Å².